The zero-order valence-corrected chi connectivity index (χ0v) is 15.6. The number of benzene rings is 2. The molecule has 27 heavy (non-hydrogen) atoms. The van der Waals surface area contributed by atoms with E-state index in [0.29, 0.717) is 22.2 Å². The molecule has 0 bridgehead atoms. The van der Waals surface area contributed by atoms with Crippen molar-refractivity contribution in [3.05, 3.63) is 59.6 Å². The zero-order valence-electron chi connectivity index (χ0n) is 14.8. The van der Waals surface area contributed by atoms with Crippen LogP contribution in [0.15, 0.2) is 54.0 Å². The molecule has 0 saturated carbocycles. The average molecular weight is 379 g/mol. The maximum absolute atomic E-state index is 12.6. The van der Waals surface area contributed by atoms with Gasteiger partial charge in [0.25, 0.3) is 5.91 Å². The van der Waals surface area contributed by atoms with Crippen LogP contribution in [-0.4, -0.2) is 30.1 Å². The molecule has 0 spiro atoms. The van der Waals surface area contributed by atoms with E-state index in [1.54, 1.807) is 32.4 Å². The second kappa shape index (κ2) is 7.13. The summed E-state index contributed by atoms with van der Waals surface area (Å²) in [7, 11) is 3.09. The number of aromatic amines is 1. The van der Waals surface area contributed by atoms with Crippen molar-refractivity contribution in [2.75, 3.05) is 19.5 Å². The Morgan fingerprint density at radius 1 is 1.07 bits per heavy atom. The summed E-state index contributed by atoms with van der Waals surface area (Å²) in [5.74, 6) is 0.840. The highest BCUT2D eigenvalue weighted by Crippen LogP contribution is 2.28. The van der Waals surface area contributed by atoms with Gasteiger partial charge in [-0.2, -0.15) is 0 Å². The molecule has 2 N–H and O–H groups in total. The molecule has 4 aromatic rings. The van der Waals surface area contributed by atoms with Crippen molar-refractivity contribution < 1.29 is 14.3 Å². The minimum absolute atomic E-state index is 0.269. The predicted molar refractivity (Wildman–Crippen MR) is 107 cm³/mol. The third-order valence-corrected chi connectivity index (χ3v) is 4.95. The Balaban J connectivity index is 1.56. The molecule has 0 aliphatic carbocycles. The van der Waals surface area contributed by atoms with Gasteiger partial charge in [0.1, 0.15) is 11.5 Å². The number of anilines is 1. The molecule has 1 amide bonds. The van der Waals surface area contributed by atoms with E-state index in [-0.39, 0.29) is 5.91 Å². The summed E-state index contributed by atoms with van der Waals surface area (Å²) in [6, 6.07) is 13.1. The Bertz CT molecular complexity index is 1090. The Hall–Kier alpha value is -3.32. The topological polar surface area (TPSA) is 76.2 Å². The lowest BCUT2D eigenvalue weighted by molar-refractivity contribution is 0.102. The van der Waals surface area contributed by atoms with Crippen LogP contribution in [0.1, 0.15) is 10.4 Å². The molecule has 0 aliphatic rings. The van der Waals surface area contributed by atoms with Crippen molar-refractivity contribution in [3.8, 4) is 22.8 Å². The number of methoxy groups -OCH3 is 2. The summed E-state index contributed by atoms with van der Waals surface area (Å²) in [4.78, 5) is 20.3. The number of carbonyl (C=O) groups is 1. The number of ether oxygens (including phenoxy) is 2. The highest BCUT2D eigenvalue weighted by molar-refractivity contribution is 7.14. The summed E-state index contributed by atoms with van der Waals surface area (Å²) in [6.45, 7) is 0. The zero-order chi connectivity index (χ0) is 18.8. The molecule has 0 fully saturated rings. The Labute approximate surface area is 159 Å². The number of aromatic nitrogens is 2. The quantitative estimate of drug-likeness (QED) is 0.533. The minimum atomic E-state index is -0.269. The second-order valence-corrected chi connectivity index (χ2v) is 6.73. The Kier molecular flexibility index (Phi) is 4.52. The molecule has 0 saturated heterocycles. The minimum Gasteiger partial charge on any atom is -0.497 e. The third kappa shape index (κ3) is 3.50. The lowest BCUT2D eigenvalue weighted by atomic mass is 10.1. The monoisotopic (exact) mass is 379 g/mol. The van der Waals surface area contributed by atoms with Crippen LogP contribution in [0, 0.1) is 0 Å². The maximum atomic E-state index is 12.6. The smallest absolute Gasteiger partial charge is 0.257 e. The fourth-order valence-corrected chi connectivity index (χ4v) is 3.50. The normalized spacial score (nSPS) is 10.7. The van der Waals surface area contributed by atoms with Crippen molar-refractivity contribution >= 4 is 33.3 Å². The van der Waals surface area contributed by atoms with Gasteiger partial charge in [0.2, 0.25) is 0 Å². The molecule has 0 aliphatic heterocycles. The van der Waals surface area contributed by atoms with Crippen LogP contribution in [0.2, 0.25) is 0 Å². The van der Waals surface area contributed by atoms with E-state index in [9.17, 15) is 4.79 Å². The van der Waals surface area contributed by atoms with Gasteiger partial charge >= 0.3 is 0 Å². The predicted octanol–water partition coefficient (Wildman–Crippen LogP) is 4.56. The first-order chi connectivity index (χ1) is 13.2. The first-order valence-corrected chi connectivity index (χ1v) is 9.12. The van der Waals surface area contributed by atoms with Gasteiger partial charge in [-0.05, 0) is 30.3 Å². The van der Waals surface area contributed by atoms with Gasteiger partial charge in [0.15, 0.2) is 5.13 Å². The molecule has 2 heterocycles. The van der Waals surface area contributed by atoms with E-state index < -0.39 is 0 Å². The largest absolute Gasteiger partial charge is 0.497 e. The molecule has 2 aromatic heterocycles. The molecule has 136 valence electrons. The van der Waals surface area contributed by atoms with E-state index in [0.717, 1.165) is 22.2 Å². The first kappa shape index (κ1) is 17.1. The lowest BCUT2D eigenvalue weighted by Gasteiger charge is -2.08. The molecular weight excluding hydrogens is 362 g/mol. The molecule has 0 radical (unpaired) electrons. The summed E-state index contributed by atoms with van der Waals surface area (Å²) >= 11 is 1.38. The second-order valence-electron chi connectivity index (χ2n) is 5.87. The van der Waals surface area contributed by atoms with Gasteiger partial charge in [-0.1, -0.05) is 6.07 Å². The number of nitrogens with zero attached hydrogens (tertiary/aromatic N) is 1. The average Bonchev–Trinajstić information content (AvgIpc) is 3.36. The molecule has 0 unspecified atom stereocenters. The van der Waals surface area contributed by atoms with E-state index in [1.165, 1.54) is 11.3 Å². The highest BCUT2D eigenvalue weighted by atomic mass is 32.1. The molecule has 4 rings (SSSR count). The van der Waals surface area contributed by atoms with Crippen LogP contribution < -0.4 is 14.8 Å². The Morgan fingerprint density at radius 2 is 1.85 bits per heavy atom. The number of carbonyl (C=O) groups excluding carboxylic acids is 1. The van der Waals surface area contributed by atoms with Crippen molar-refractivity contribution in [2.24, 2.45) is 0 Å². The van der Waals surface area contributed by atoms with Crippen LogP contribution in [0.5, 0.6) is 11.5 Å². The Morgan fingerprint density at radius 3 is 2.59 bits per heavy atom. The van der Waals surface area contributed by atoms with Crippen molar-refractivity contribution in [2.45, 2.75) is 0 Å². The van der Waals surface area contributed by atoms with Gasteiger partial charge in [0, 0.05) is 39.7 Å². The van der Waals surface area contributed by atoms with Crippen molar-refractivity contribution in [3.63, 3.8) is 0 Å². The van der Waals surface area contributed by atoms with Gasteiger partial charge in [0.05, 0.1) is 19.9 Å². The number of amides is 1. The first-order valence-electron chi connectivity index (χ1n) is 8.24. The van der Waals surface area contributed by atoms with Gasteiger partial charge in [-0.3, -0.25) is 10.1 Å². The van der Waals surface area contributed by atoms with E-state index in [1.807, 2.05) is 29.8 Å². The molecule has 2 aromatic carbocycles. The molecule has 7 heteroatoms. The summed E-state index contributed by atoms with van der Waals surface area (Å²) < 4.78 is 10.4. The fourth-order valence-electron chi connectivity index (χ4n) is 2.78. The standard InChI is InChI=1S/C20H17N3O3S/c1-25-15-8-14(9-16(10-15)26-2)19(24)23-20-22-18(11-27-20)12-3-4-17-13(7-12)5-6-21-17/h3-11,21H,1-2H3,(H,22,23,24). The van der Waals surface area contributed by atoms with Gasteiger partial charge in [-0.15, -0.1) is 11.3 Å². The highest BCUT2D eigenvalue weighted by Gasteiger charge is 2.13. The number of hydrogen-bond acceptors (Lipinski definition) is 5. The number of fused-ring (bicyclic) bond motifs is 1. The van der Waals surface area contributed by atoms with E-state index >= 15 is 0 Å². The maximum Gasteiger partial charge on any atom is 0.257 e. The number of rotatable bonds is 5. The molecular formula is C20H17N3O3S. The third-order valence-electron chi connectivity index (χ3n) is 4.19. The van der Waals surface area contributed by atoms with Crippen molar-refractivity contribution in [1.29, 1.82) is 0 Å². The molecule has 0 atom stereocenters. The number of hydrogen-bond donors (Lipinski definition) is 2. The van der Waals surface area contributed by atoms with Gasteiger partial charge in [-0.25, -0.2) is 4.98 Å². The lowest BCUT2D eigenvalue weighted by Crippen LogP contribution is -2.12. The molecule has 6 nitrogen and oxygen atoms in total. The van der Waals surface area contributed by atoms with Crippen molar-refractivity contribution in [1.82, 2.24) is 9.97 Å². The fraction of sp³-hybridized carbons (Fsp3) is 0.100. The van der Waals surface area contributed by atoms with E-state index in [2.05, 4.69) is 21.4 Å². The summed E-state index contributed by atoms with van der Waals surface area (Å²) in [6.07, 6.45) is 1.91. The summed E-state index contributed by atoms with van der Waals surface area (Å²) in [5, 5.41) is 6.41. The van der Waals surface area contributed by atoms with E-state index in [4.69, 9.17) is 9.47 Å². The van der Waals surface area contributed by atoms with Crippen LogP contribution >= 0.6 is 11.3 Å². The number of H-pyrrole nitrogens is 1. The van der Waals surface area contributed by atoms with Crippen LogP contribution in [-0.2, 0) is 0 Å². The number of thiazole rings is 1. The van der Waals surface area contributed by atoms with Crippen LogP contribution in [0.4, 0.5) is 5.13 Å². The van der Waals surface area contributed by atoms with Crippen LogP contribution in [0.3, 0.4) is 0 Å². The SMILES string of the molecule is COc1cc(OC)cc(C(=O)Nc2nc(-c3ccc4[nH]ccc4c3)cs2)c1. The van der Waals surface area contributed by atoms with Gasteiger partial charge < -0.3 is 14.5 Å². The van der Waals surface area contributed by atoms with Crippen LogP contribution in [0.25, 0.3) is 22.2 Å². The summed E-state index contributed by atoms with van der Waals surface area (Å²) in [5.41, 5.74) is 3.34. The number of nitrogens with one attached hydrogen (secondary N) is 2.